The number of ether oxygens (including phenoxy) is 1. The van der Waals surface area contributed by atoms with Crippen molar-refractivity contribution in [2.75, 3.05) is 0 Å². The summed E-state index contributed by atoms with van der Waals surface area (Å²) in [5.41, 5.74) is 1.04. The van der Waals surface area contributed by atoms with Gasteiger partial charge >= 0.3 is 0 Å². The van der Waals surface area contributed by atoms with Gasteiger partial charge in [0.15, 0.2) is 0 Å². The van der Waals surface area contributed by atoms with Crippen molar-refractivity contribution in [3.63, 3.8) is 0 Å². The summed E-state index contributed by atoms with van der Waals surface area (Å²) < 4.78 is 6.07. The van der Waals surface area contributed by atoms with Gasteiger partial charge in [0.25, 0.3) is 0 Å². The molecule has 0 aromatic heterocycles. The molecule has 1 fully saturated rings. The van der Waals surface area contributed by atoms with Gasteiger partial charge in [0.2, 0.25) is 0 Å². The SMILES string of the molecule is CC1=CCCC2(C)OC1CCCC2O. The van der Waals surface area contributed by atoms with Crippen molar-refractivity contribution < 1.29 is 9.84 Å². The molecule has 2 aliphatic heterocycles. The van der Waals surface area contributed by atoms with Crippen LogP contribution in [0.3, 0.4) is 0 Å². The molecule has 2 bridgehead atoms. The highest BCUT2D eigenvalue weighted by molar-refractivity contribution is 5.10. The Bertz CT molecular complexity index is 247. The van der Waals surface area contributed by atoms with Crippen molar-refractivity contribution in [2.45, 2.75) is 63.8 Å². The Kier molecular flexibility index (Phi) is 2.67. The molecule has 1 saturated heterocycles. The Morgan fingerprint density at radius 2 is 2.29 bits per heavy atom. The van der Waals surface area contributed by atoms with E-state index in [2.05, 4.69) is 19.9 Å². The highest BCUT2D eigenvalue weighted by atomic mass is 16.5. The molecule has 0 aliphatic carbocycles. The molecule has 2 heteroatoms. The van der Waals surface area contributed by atoms with Crippen molar-refractivity contribution >= 4 is 0 Å². The lowest BCUT2D eigenvalue weighted by atomic mass is 9.90. The Morgan fingerprint density at radius 1 is 1.50 bits per heavy atom. The van der Waals surface area contributed by atoms with Gasteiger partial charge in [-0.25, -0.2) is 0 Å². The van der Waals surface area contributed by atoms with Gasteiger partial charge in [-0.05, 0) is 51.5 Å². The lowest BCUT2D eigenvalue weighted by molar-refractivity contribution is -0.126. The molecule has 0 amide bonds. The van der Waals surface area contributed by atoms with E-state index in [1.807, 2.05) is 0 Å². The predicted octanol–water partition coefficient (Wildman–Crippen LogP) is 2.42. The summed E-state index contributed by atoms with van der Waals surface area (Å²) in [6.45, 7) is 4.20. The summed E-state index contributed by atoms with van der Waals surface area (Å²) in [4.78, 5) is 0. The molecule has 2 rings (SSSR count). The molecular weight excluding hydrogens is 176 g/mol. The molecule has 14 heavy (non-hydrogen) atoms. The van der Waals surface area contributed by atoms with E-state index in [1.165, 1.54) is 5.57 Å². The van der Waals surface area contributed by atoms with Gasteiger partial charge in [-0.2, -0.15) is 0 Å². The van der Waals surface area contributed by atoms with Crippen LogP contribution in [0, 0.1) is 0 Å². The van der Waals surface area contributed by atoms with Crippen molar-refractivity contribution in [1.82, 2.24) is 0 Å². The normalized spacial score (nSPS) is 43.8. The fourth-order valence-corrected chi connectivity index (χ4v) is 2.53. The predicted molar refractivity (Wildman–Crippen MR) is 56.1 cm³/mol. The van der Waals surface area contributed by atoms with E-state index in [0.29, 0.717) is 0 Å². The van der Waals surface area contributed by atoms with E-state index >= 15 is 0 Å². The fraction of sp³-hybridized carbons (Fsp3) is 0.833. The van der Waals surface area contributed by atoms with Crippen LogP contribution in [0.1, 0.15) is 46.0 Å². The first-order valence-electron chi connectivity index (χ1n) is 5.64. The summed E-state index contributed by atoms with van der Waals surface area (Å²) in [6.07, 6.45) is 7.25. The number of fused-ring (bicyclic) bond motifs is 2. The van der Waals surface area contributed by atoms with Crippen molar-refractivity contribution in [3.8, 4) is 0 Å². The molecule has 80 valence electrons. The van der Waals surface area contributed by atoms with Gasteiger partial charge in [0.05, 0.1) is 17.8 Å². The molecular formula is C12H20O2. The number of rotatable bonds is 0. The molecule has 3 atom stereocenters. The molecule has 0 aromatic rings. The van der Waals surface area contributed by atoms with E-state index in [4.69, 9.17) is 4.74 Å². The van der Waals surface area contributed by atoms with Crippen LogP contribution in [0.25, 0.3) is 0 Å². The van der Waals surface area contributed by atoms with Crippen LogP contribution in [0.5, 0.6) is 0 Å². The molecule has 0 saturated carbocycles. The van der Waals surface area contributed by atoms with Crippen LogP contribution in [0.15, 0.2) is 11.6 Å². The van der Waals surface area contributed by atoms with Crippen LogP contribution in [0.2, 0.25) is 0 Å². The molecule has 2 aliphatic rings. The molecule has 3 unspecified atom stereocenters. The van der Waals surface area contributed by atoms with Gasteiger partial charge in [-0.15, -0.1) is 0 Å². The summed E-state index contributed by atoms with van der Waals surface area (Å²) in [5, 5.41) is 10.0. The van der Waals surface area contributed by atoms with Crippen LogP contribution in [-0.4, -0.2) is 22.9 Å². The molecule has 2 heterocycles. The summed E-state index contributed by atoms with van der Waals surface area (Å²) in [5.74, 6) is 0. The van der Waals surface area contributed by atoms with Crippen molar-refractivity contribution in [3.05, 3.63) is 11.6 Å². The topological polar surface area (TPSA) is 29.5 Å². The minimum atomic E-state index is -0.310. The van der Waals surface area contributed by atoms with Gasteiger partial charge < -0.3 is 9.84 Å². The zero-order chi connectivity index (χ0) is 10.2. The van der Waals surface area contributed by atoms with E-state index in [9.17, 15) is 5.11 Å². The van der Waals surface area contributed by atoms with E-state index in [1.54, 1.807) is 0 Å². The maximum Gasteiger partial charge on any atom is 0.0923 e. The molecule has 1 N–H and O–H groups in total. The first-order valence-corrected chi connectivity index (χ1v) is 5.64. The first kappa shape index (κ1) is 10.2. The monoisotopic (exact) mass is 196 g/mol. The quantitative estimate of drug-likeness (QED) is 0.603. The average molecular weight is 196 g/mol. The van der Waals surface area contributed by atoms with E-state index in [0.717, 1.165) is 32.1 Å². The smallest absolute Gasteiger partial charge is 0.0923 e. The van der Waals surface area contributed by atoms with Gasteiger partial charge in [0, 0.05) is 0 Å². The largest absolute Gasteiger partial charge is 0.390 e. The highest BCUT2D eigenvalue weighted by Gasteiger charge is 2.39. The number of aliphatic hydroxyl groups is 1. The fourth-order valence-electron chi connectivity index (χ4n) is 2.53. The van der Waals surface area contributed by atoms with Gasteiger partial charge in [-0.3, -0.25) is 0 Å². The molecule has 0 radical (unpaired) electrons. The Balaban J connectivity index is 2.24. The summed E-state index contributed by atoms with van der Waals surface area (Å²) >= 11 is 0. The minimum absolute atomic E-state index is 0.250. The second-order valence-electron chi connectivity index (χ2n) is 4.85. The molecule has 0 aromatic carbocycles. The molecule has 0 spiro atoms. The van der Waals surface area contributed by atoms with Gasteiger partial charge in [0.1, 0.15) is 0 Å². The third-order valence-corrected chi connectivity index (χ3v) is 3.68. The molecule has 2 nitrogen and oxygen atoms in total. The third-order valence-electron chi connectivity index (χ3n) is 3.68. The lowest BCUT2D eigenvalue weighted by Gasteiger charge is -2.34. The highest BCUT2D eigenvalue weighted by Crippen LogP contribution is 2.36. The van der Waals surface area contributed by atoms with Crippen LogP contribution in [0.4, 0.5) is 0 Å². The zero-order valence-electron chi connectivity index (χ0n) is 9.12. The van der Waals surface area contributed by atoms with Crippen molar-refractivity contribution in [1.29, 1.82) is 0 Å². The van der Waals surface area contributed by atoms with Crippen LogP contribution >= 0.6 is 0 Å². The van der Waals surface area contributed by atoms with Gasteiger partial charge in [-0.1, -0.05) is 6.08 Å². The van der Waals surface area contributed by atoms with Crippen LogP contribution in [-0.2, 0) is 4.74 Å². The van der Waals surface area contributed by atoms with E-state index < -0.39 is 0 Å². The first-order chi connectivity index (χ1) is 6.62. The summed E-state index contributed by atoms with van der Waals surface area (Å²) in [7, 11) is 0. The minimum Gasteiger partial charge on any atom is -0.390 e. The maximum absolute atomic E-state index is 10.0. The Labute approximate surface area is 86.0 Å². The maximum atomic E-state index is 10.0. The lowest BCUT2D eigenvalue weighted by Crippen LogP contribution is -2.42. The standard InChI is InChI=1S/C12H20O2/c1-9-5-4-8-12(2)11(13)7-3-6-10(9)14-12/h5,10-11,13H,3-4,6-8H2,1-2H3. The third kappa shape index (κ3) is 1.73. The Hall–Kier alpha value is -0.340. The second-order valence-corrected chi connectivity index (χ2v) is 4.85. The number of allylic oxidation sites excluding steroid dienone is 1. The average Bonchev–Trinajstić information content (AvgIpc) is 2.36. The zero-order valence-corrected chi connectivity index (χ0v) is 9.12. The number of hydrogen-bond acceptors (Lipinski definition) is 2. The van der Waals surface area contributed by atoms with Crippen LogP contribution < -0.4 is 0 Å². The Morgan fingerprint density at radius 3 is 3.07 bits per heavy atom. The second kappa shape index (κ2) is 3.67. The number of aliphatic hydroxyl groups excluding tert-OH is 1. The van der Waals surface area contributed by atoms with E-state index in [-0.39, 0.29) is 17.8 Å². The summed E-state index contributed by atoms with van der Waals surface area (Å²) in [6, 6.07) is 0. The van der Waals surface area contributed by atoms with Crippen molar-refractivity contribution in [2.24, 2.45) is 0 Å². The number of hydrogen-bond donors (Lipinski definition) is 1.